The Kier molecular flexibility index (Phi) is 3.37. The van der Waals surface area contributed by atoms with Crippen molar-refractivity contribution in [2.24, 2.45) is 5.41 Å². The average Bonchev–Trinajstić information content (AvgIpc) is 2.83. The maximum Gasteiger partial charge on any atom is 0.0492 e. The van der Waals surface area contributed by atoms with Crippen molar-refractivity contribution >= 4 is 21.4 Å². The minimum atomic E-state index is 0.0299. The Morgan fingerprint density at radius 3 is 2.78 bits per heavy atom. The topological polar surface area (TPSA) is 29.5 Å². The molecule has 0 atom stereocenters. The van der Waals surface area contributed by atoms with E-state index in [1.807, 2.05) is 0 Å². The Balaban J connectivity index is 1.90. The minimum absolute atomic E-state index is 0.0299. The number of ether oxygens (including phenoxy) is 1. The second-order valence-corrected chi connectivity index (χ2v) is 6.12. The fraction of sp³-hybridized carbons (Fsp3) is 0.467. The van der Waals surface area contributed by atoms with Gasteiger partial charge in [0, 0.05) is 29.9 Å². The number of rotatable bonds is 3. The summed E-state index contributed by atoms with van der Waals surface area (Å²) >= 11 is 1.80. The van der Waals surface area contributed by atoms with Crippen molar-refractivity contribution in [1.29, 1.82) is 0 Å². The van der Waals surface area contributed by atoms with Crippen LogP contribution in [0, 0.1) is 5.41 Å². The lowest BCUT2D eigenvalue weighted by molar-refractivity contribution is -0.0155. The van der Waals surface area contributed by atoms with Gasteiger partial charge in [0.05, 0.1) is 0 Å². The predicted octanol–water partition coefficient (Wildman–Crippen LogP) is 3.23. The Bertz CT molecular complexity index is 526. The smallest absolute Gasteiger partial charge is 0.0492 e. The molecule has 1 aliphatic rings. The molecule has 0 radical (unpaired) electrons. The molecule has 1 aliphatic heterocycles. The lowest BCUT2D eigenvalue weighted by Gasteiger charge is -2.35. The summed E-state index contributed by atoms with van der Waals surface area (Å²) in [6.07, 6.45) is 2.90. The van der Waals surface area contributed by atoms with E-state index in [-0.39, 0.29) is 12.0 Å². The number of aliphatic hydroxyl groups excluding tert-OH is 1. The zero-order valence-electron chi connectivity index (χ0n) is 10.4. The van der Waals surface area contributed by atoms with Crippen LogP contribution < -0.4 is 0 Å². The summed E-state index contributed by atoms with van der Waals surface area (Å²) < 4.78 is 6.77. The molecule has 0 amide bonds. The van der Waals surface area contributed by atoms with E-state index in [9.17, 15) is 5.11 Å². The summed E-state index contributed by atoms with van der Waals surface area (Å²) in [5, 5.41) is 13.4. The van der Waals surface area contributed by atoms with Crippen molar-refractivity contribution in [2.75, 3.05) is 19.8 Å². The van der Waals surface area contributed by atoms with E-state index < -0.39 is 0 Å². The molecule has 1 saturated heterocycles. The molecule has 0 unspecified atom stereocenters. The van der Waals surface area contributed by atoms with Crippen molar-refractivity contribution in [3.8, 4) is 0 Å². The van der Waals surface area contributed by atoms with Gasteiger partial charge >= 0.3 is 0 Å². The van der Waals surface area contributed by atoms with Gasteiger partial charge in [-0.2, -0.15) is 0 Å². The van der Waals surface area contributed by atoms with E-state index in [1.54, 1.807) is 11.3 Å². The predicted molar refractivity (Wildman–Crippen MR) is 75.1 cm³/mol. The molecule has 2 aromatic rings. The third kappa shape index (κ3) is 2.18. The van der Waals surface area contributed by atoms with Crippen LogP contribution in [0.25, 0.3) is 10.1 Å². The highest BCUT2D eigenvalue weighted by Crippen LogP contribution is 2.37. The Hall–Kier alpha value is -0.900. The van der Waals surface area contributed by atoms with Crippen molar-refractivity contribution < 1.29 is 9.84 Å². The first kappa shape index (κ1) is 12.2. The van der Waals surface area contributed by atoms with Crippen LogP contribution in [0.5, 0.6) is 0 Å². The summed E-state index contributed by atoms with van der Waals surface area (Å²) in [7, 11) is 0. The van der Waals surface area contributed by atoms with E-state index >= 15 is 0 Å². The van der Waals surface area contributed by atoms with Crippen LogP contribution in [0.15, 0.2) is 29.6 Å². The number of thiophene rings is 1. The van der Waals surface area contributed by atoms with Crippen molar-refractivity contribution in [2.45, 2.75) is 19.3 Å². The molecule has 3 heteroatoms. The Labute approximate surface area is 111 Å². The highest BCUT2D eigenvalue weighted by atomic mass is 32.1. The number of hydrogen-bond acceptors (Lipinski definition) is 3. The first-order valence-corrected chi connectivity index (χ1v) is 7.35. The summed E-state index contributed by atoms with van der Waals surface area (Å²) in [4.78, 5) is 0. The third-order valence-electron chi connectivity index (χ3n) is 4.02. The van der Waals surface area contributed by atoms with Crippen LogP contribution in [0.3, 0.4) is 0 Å². The molecule has 0 aliphatic carbocycles. The summed E-state index contributed by atoms with van der Waals surface area (Å²) in [5.74, 6) is 0. The summed E-state index contributed by atoms with van der Waals surface area (Å²) in [5.41, 5.74) is 1.41. The quantitative estimate of drug-likeness (QED) is 0.920. The summed E-state index contributed by atoms with van der Waals surface area (Å²) in [6.45, 7) is 1.83. The fourth-order valence-electron chi connectivity index (χ4n) is 2.77. The molecule has 1 aromatic heterocycles. The largest absolute Gasteiger partial charge is 0.396 e. The van der Waals surface area contributed by atoms with Crippen LogP contribution in [-0.2, 0) is 11.2 Å². The van der Waals surface area contributed by atoms with E-state index in [4.69, 9.17) is 4.74 Å². The fourth-order valence-corrected chi connectivity index (χ4v) is 3.73. The van der Waals surface area contributed by atoms with Crippen molar-refractivity contribution in [3.05, 3.63) is 35.2 Å². The van der Waals surface area contributed by atoms with Crippen LogP contribution in [0.1, 0.15) is 18.4 Å². The van der Waals surface area contributed by atoms with Crippen LogP contribution in [0.4, 0.5) is 0 Å². The molecule has 0 spiro atoms. The minimum Gasteiger partial charge on any atom is -0.396 e. The second kappa shape index (κ2) is 5.00. The molecular weight excluding hydrogens is 244 g/mol. The second-order valence-electron chi connectivity index (χ2n) is 5.20. The maximum absolute atomic E-state index is 9.76. The van der Waals surface area contributed by atoms with Gasteiger partial charge in [0.15, 0.2) is 0 Å². The van der Waals surface area contributed by atoms with Crippen molar-refractivity contribution in [3.63, 3.8) is 0 Å². The summed E-state index contributed by atoms with van der Waals surface area (Å²) in [6, 6.07) is 8.53. The van der Waals surface area contributed by atoms with E-state index in [0.29, 0.717) is 0 Å². The SMILES string of the molecule is OCC1(Cc2csc3ccccc23)CCOCC1. The van der Waals surface area contributed by atoms with Crippen LogP contribution in [0.2, 0.25) is 0 Å². The molecular formula is C15H18O2S. The molecule has 2 nitrogen and oxygen atoms in total. The Morgan fingerprint density at radius 1 is 1.22 bits per heavy atom. The molecule has 2 heterocycles. The lowest BCUT2D eigenvalue weighted by atomic mass is 9.76. The molecule has 1 aromatic carbocycles. The van der Waals surface area contributed by atoms with E-state index in [1.165, 1.54) is 15.6 Å². The first-order valence-electron chi connectivity index (χ1n) is 6.47. The van der Waals surface area contributed by atoms with Gasteiger partial charge in [-0.3, -0.25) is 0 Å². The van der Waals surface area contributed by atoms with E-state index in [0.717, 1.165) is 32.5 Å². The molecule has 1 N–H and O–H groups in total. The molecule has 18 heavy (non-hydrogen) atoms. The van der Waals surface area contributed by atoms with Gasteiger partial charge in [-0.05, 0) is 41.7 Å². The molecule has 96 valence electrons. The van der Waals surface area contributed by atoms with Gasteiger partial charge in [0.2, 0.25) is 0 Å². The molecule has 0 saturated carbocycles. The highest BCUT2D eigenvalue weighted by molar-refractivity contribution is 7.17. The third-order valence-corrected chi connectivity index (χ3v) is 5.03. The van der Waals surface area contributed by atoms with Crippen molar-refractivity contribution in [1.82, 2.24) is 0 Å². The van der Waals surface area contributed by atoms with Gasteiger partial charge in [0.1, 0.15) is 0 Å². The normalized spacial score (nSPS) is 19.2. The highest BCUT2D eigenvalue weighted by Gasteiger charge is 2.32. The van der Waals surface area contributed by atoms with E-state index in [2.05, 4.69) is 29.6 Å². The number of fused-ring (bicyclic) bond motifs is 1. The van der Waals surface area contributed by atoms with Gasteiger partial charge in [-0.15, -0.1) is 11.3 Å². The van der Waals surface area contributed by atoms with Gasteiger partial charge in [0.25, 0.3) is 0 Å². The molecule has 1 fully saturated rings. The average molecular weight is 262 g/mol. The number of hydrogen-bond donors (Lipinski definition) is 1. The van der Waals surface area contributed by atoms with Crippen LogP contribution in [-0.4, -0.2) is 24.9 Å². The molecule has 3 rings (SSSR count). The Morgan fingerprint density at radius 2 is 2.00 bits per heavy atom. The van der Waals surface area contributed by atoms with Crippen LogP contribution >= 0.6 is 11.3 Å². The lowest BCUT2D eigenvalue weighted by Crippen LogP contribution is -2.35. The monoisotopic (exact) mass is 262 g/mol. The first-order chi connectivity index (χ1) is 8.83. The number of aliphatic hydroxyl groups is 1. The standard InChI is InChI=1S/C15H18O2S/c16-11-15(5-7-17-8-6-15)9-12-10-18-14-4-2-1-3-13(12)14/h1-4,10,16H,5-9,11H2. The van der Waals surface area contributed by atoms with Gasteiger partial charge < -0.3 is 9.84 Å². The zero-order valence-corrected chi connectivity index (χ0v) is 11.2. The maximum atomic E-state index is 9.76. The molecule has 0 bridgehead atoms. The zero-order chi connectivity index (χ0) is 12.4. The number of benzene rings is 1. The van der Waals surface area contributed by atoms with Gasteiger partial charge in [-0.25, -0.2) is 0 Å². The van der Waals surface area contributed by atoms with Gasteiger partial charge in [-0.1, -0.05) is 18.2 Å².